The standard InChI is InChI=1S/C21H22Cl2N2O2/c22-15-7-6-14(20(23)10-15)13-24-21(26)25-16-8-9-17(25)12-19(11-16)27-18-4-2-1-3-5-18/h1-7,10,16-17,19H,8-9,11-13H2,(H,24,26)/t16-,17+,19-. The van der Waals surface area contributed by atoms with Crippen molar-refractivity contribution in [2.75, 3.05) is 0 Å². The summed E-state index contributed by atoms with van der Waals surface area (Å²) in [5, 5.41) is 4.17. The topological polar surface area (TPSA) is 41.6 Å². The molecule has 2 fully saturated rings. The van der Waals surface area contributed by atoms with Gasteiger partial charge in [0.25, 0.3) is 0 Å². The second kappa shape index (κ2) is 7.99. The summed E-state index contributed by atoms with van der Waals surface area (Å²) < 4.78 is 6.13. The highest BCUT2D eigenvalue weighted by Crippen LogP contribution is 2.37. The van der Waals surface area contributed by atoms with Gasteiger partial charge < -0.3 is 15.0 Å². The van der Waals surface area contributed by atoms with Crippen LogP contribution in [0.3, 0.4) is 0 Å². The minimum absolute atomic E-state index is 0.0216. The van der Waals surface area contributed by atoms with Gasteiger partial charge in [0.2, 0.25) is 0 Å². The molecule has 27 heavy (non-hydrogen) atoms. The molecule has 2 amide bonds. The lowest BCUT2D eigenvalue weighted by Gasteiger charge is -2.38. The number of amides is 2. The number of piperidine rings is 1. The Morgan fingerprint density at radius 1 is 1.07 bits per heavy atom. The van der Waals surface area contributed by atoms with Gasteiger partial charge in [-0.15, -0.1) is 0 Å². The van der Waals surface area contributed by atoms with Crippen LogP contribution >= 0.6 is 23.2 Å². The molecule has 0 saturated carbocycles. The third-order valence-corrected chi connectivity index (χ3v) is 6.00. The number of rotatable bonds is 4. The second-order valence-corrected chi connectivity index (χ2v) is 8.05. The van der Waals surface area contributed by atoms with E-state index in [0.717, 1.165) is 37.0 Å². The fourth-order valence-electron chi connectivity index (χ4n) is 4.17. The molecular weight excluding hydrogens is 383 g/mol. The molecule has 0 aliphatic carbocycles. The van der Waals surface area contributed by atoms with Crippen molar-refractivity contribution < 1.29 is 9.53 Å². The maximum atomic E-state index is 12.8. The molecule has 0 aromatic heterocycles. The number of fused-ring (bicyclic) bond motifs is 2. The number of carbonyl (C=O) groups is 1. The molecule has 0 unspecified atom stereocenters. The predicted molar refractivity (Wildman–Crippen MR) is 107 cm³/mol. The van der Waals surface area contributed by atoms with Crippen LogP contribution in [-0.2, 0) is 6.54 Å². The van der Waals surface area contributed by atoms with Crippen LogP contribution in [0.15, 0.2) is 48.5 Å². The minimum atomic E-state index is -0.0216. The third-order valence-electron chi connectivity index (χ3n) is 5.42. The van der Waals surface area contributed by atoms with E-state index in [2.05, 4.69) is 5.32 Å². The van der Waals surface area contributed by atoms with Crippen LogP contribution in [0.2, 0.25) is 10.0 Å². The first-order valence-corrected chi connectivity index (χ1v) is 10.1. The Morgan fingerprint density at radius 2 is 1.78 bits per heavy atom. The third kappa shape index (κ3) is 4.17. The van der Waals surface area contributed by atoms with Crippen molar-refractivity contribution in [1.29, 1.82) is 0 Å². The van der Waals surface area contributed by atoms with E-state index in [1.54, 1.807) is 12.1 Å². The smallest absolute Gasteiger partial charge is 0.318 e. The zero-order valence-corrected chi connectivity index (χ0v) is 16.4. The van der Waals surface area contributed by atoms with Crippen LogP contribution in [0, 0.1) is 0 Å². The Hall–Kier alpha value is -1.91. The molecule has 142 valence electrons. The van der Waals surface area contributed by atoms with E-state index in [9.17, 15) is 4.79 Å². The number of ether oxygens (including phenoxy) is 1. The molecule has 2 aliphatic heterocycles. The van der Waals surface area contributed by atoms with Crippen molar-refractivity contribution >= 4 is 29.2 Å². The highest BCUT2D eigenvalue weighted by Gasteiger charge is 2.44. The van der Waals surface area contributed by atoms with Crippen LogP contribution < -0.4 is 10.1 Å². The second-order valence-electron chi connectivity index (χ2n) is 7.21. The summed E-state index contributed by atoms with van der Waals surface area (Å²) in [7, 11) is 0. The van der Waals surface area contributed by atoms with Crippen molar-refractivity contribution in [2.24, 2.45) is 0 Å². The lowest BCUT2D eigenvalue weighted by molar-refractivity contribution is 0.0686. The maximum Gasteiger partial charge on any atom is 0.318 e. The SMILES string of the molecule is O=C(NCc1ccc(Cl)cc1Cl)N1[C@@H]2CC[C@H]1C[C@H](Oc1ccccc1)C2. The highest BCUT2D eigenvalue weighted by atomic mass is 35.5. The van der Waals surface area contributed by atoms with Gasteiger partial charge in [0, 0.05) is 41.5 Å². The predicted octanol–water partition coefficient (Wildman–Crippen LogP) is 5.28. The summed E-state index contributed by atoms with van der Waals surface area (Å²) in [4.78, 5) is 14.8. The van der Waals surface area contributed by atoms with Crippen LogP contribution in [0.5, 0.6) is 5.75 Å². The van der Waals surface area contributed by atoms with E-state index in [4.69, 9.17) is 27.9 Å². The molecule has 4 nitrogen and oxygen atoms in total. The van der Waals surface area contributed by atoms with Crippen molar-refractivity contribution in [2.45, 2.75) is 50.4 Å². The number of nitrogens with one attached hydrogen (secondary N) is 1. The van der Waals surface area contributed by atoms with E-state index in [1.807, 2.05) is 41.3 Å². The normalized spacial score (nSPS) is 23.9. The molecule has 2 aromatic rings. The summed E-state index contributed by atoms with van der Waals surface area (Å²) in [6.45, 7) is 0.398. The van der Waals surface area contributed by atoms with Crippen molar-refractivity contribution in [3.05, 3.63) is 64.1 Å². The molecule has 4 rings (SSSR count). The summed E-state index contributed by atoms with van der Waals surface area (Å²) in [5.41, 5.74) is 0.865. The van der Waals surface area contributed by atoms with E-state index in [0.29, 0.717) is 16.6 Å². The average Bonchev–Trinajstić information content (AvgIpc) is 2.92. The van der Waals surface area contributed by atoms with Gasteiger partial charge in [0.15, 0.2) is 0 Å². The van der Waals surface area contributed by atoms with Gasteiger partial charge in [0.05, 0.1) is 0 Å². The van der Waals surface area contributed by atoms with Gasteiger partial charge in [-0.1, -0.05) is 47.5 Å². The van der Waals surface area contributed by atoms with Gasteiger partial charge in [-0.2, -0.15) is 0 Å². The Morgan fingerprint density at radius 3 is 2.44 bits per heavy atom. The lowest BCUT2D eigenvalue weighted by Crippen LogP contribution is -2.52. The average molecular weight is 405 g/mol. The van der Waals surface area contributed by atoms with E-state index < -0.39 is 0 Å². The molecule has 2 heterocycles. The van der Waals surface area contributed by atoms with E-state index in [-0.39, 0.29) is 24.2 Å². The van der Waals surface area contributed by atoms with Crippen molar-refractivity contribution in [1.82, 2.24) is 10.2 Å². The van der Waals surface area contributed by atoms with E-state index >= 15 is 0 Å². The number of halogens is 2. The van der Waals surface area contributed by atoms with Crippen molar-refractivity contribution in [3.8, 4) is 5.75 Å². The Bertz CT molecular complexity index is 801. The molecule has 0 spiro atoms. The molecule has 2 aliphatic rings. The molecule has 2 bridgehead atoms. The molecule has 6 heteroatoms. The molecular formula is C21H22Cl2N2O2. The number of carbonyl (C=O) groups excluding carboxylic acids is 1. The first-order chi connectivity index (χ1) is 13.1. The van der Waals surface area contributed by atoms with Gasteiger partial charge in [-0.05, 0) is 42.7 Å². The summed E-state index contributed by atoms with van der Waals surface area (Å²) in [5.74, 6) is 0.900. The first-order valence-electron chi connectivity index (χ1n) is 9.32. The fraction of sp³-hybridized carbons (Fsp3) is 0.381. The number of nitrogens with zero attached hydrogens (tertiary/aromatic N) is 1. The molecule has 1 N–H and O–H groups in total. The molecule has 0 radical (unpaired) electrons. The molecule has 3 atom stereocenters. The Labute approximate surface area is 169 Å². The number of benzene rings is 2. The first kappa shape index (κ1) is 18.5. The zero-order valence-electron chi connectivity index (χ0n) is 14.9. The van der Waals surface area contributed by atoms with Gasteiger partial charge in [0.1, 0.15) is 11.9 Å². The number of hydrogen-bond donors (Lipinski definition) is 1. The van der Waals surface area contributed by atoms with Crippen LogP contribution in [-0.4, -0.2) is 29.1 Å². The van der Waals surface area contributed by atoms with Crippen LogP contribution in [0.1, 0.15) is 31.2 Å². The van der Waals surface area contributed by atoms with Crippen LogP contribution in [0.25, 0.3) is 0 Å². The quantitative estimate of drug-likeness (QED) is 0.752. The maximum absolute atomic E-state index is 12.8. The number of para-hydroxylation sites is 1. The highest BCUT2D eigenvalue weighted by molar-refractivity contribution is 6.35. The zero-order chi connectivity index (χ0) is 18.8. The van der Waals surface area contributed by atoms with Gasteiger partial charge >= 0.3 is 6.03 Å². The monoisotopic (exact) mass is 404 g/mol. The molecule has 2 saturated heterocycles. The Balaban J connectivity index is 1.35. The van der Waals surface area contributed by atoms with Crippen molar-refractivity contribution in [3.63, 3.8) is 0 Å². The summed E-state index contributed by atoms with van der Waals surface area (Å²) >= 11 is 12.1. The lowest BCUT2D eigenvalue weighted by atomic mass is 10.00. The molecule has 2 aromatic carbocycles. The van der Waals surface area contributed by atoms with Gasteiger partial charge in [-0.3, -0.25) is 0 Å². The van der Waals surface area contributed by atoms with Gasteiger partial charge in [-0.25, -0.2) is 4.79 Å². The number of urea groups is 1. The summed E-state index contributed by atoms with van der Waals surface area (Å²) in [6.07, 6.45) is 3.99. The largest absolute Gasteiger partial charge is 0.490 e. The number of hydrogen-bond acceptors (Lipinski definition) is 2. The Kier molecular flexibility index (Phi) is 5.46. The fourth-order valence-corrected chi connectivity index (χ4v) is 4.65. The van der Waals surface area contributed by atoms with Crippen LogP contribution in [0.4, 0.5) is 4.79 Å². The van der Waals surface area contributed by atoms with E-state index in [1.165, 1.54) is 0 Å². The minimum Gasteiger partial charge on any atom is -0.490 e. The summed E-state index contributed by atoms with van der Waals surface area (Å²) in [6, 6.07) is 15.7.